The van der Waals surface area contributed by atoms with E-state index in [0.29, 0.717) is 23.1 Å². The number of Topliss-reactive ketones (excluding diaryl/α,β-unsaturated/α-hetero) is 1. The predicted octanol–water partition coefficient (Wildman–Crippen LogP) is 2.82. The van der Waals surface area contributed by atoms with Crippen LogP contribution in [-0.2, 0) is 0 Å². The minimum Gasteiger partial charge on any atom is -0.497 e. The highest BCUT2D eigenvalue weighted by Gasteiger charge is 2.13. The van der Waals surface area contributed by atoms with Gasteiger partial charge in [0.05, 0.1) is 25.7 Å². The Morgan fingerprint density at radius 3 is 2.53 bits per heavy atom. The van der Waals surface area contributed by atoms with Gasteiger partial charge in [0.15, 0.2) is 5.78 Å². The fraction of sp³-hybridized carbons (Fsp3) is 0.200. The lowest BCUT2D eigenvalue weighted by Gasteiger charge is -2.04. The van der Waals surface area contributed by atoms with E-state index in [-0.39, 0.29) is 17.5 Å². The van der Waals surface area contributed by atoms with Crippen LogP contribution >= 0.6 is 11.8 Å². The number of ketones is 1. The molecule has 0 aliphatic carbocycles. The minimum absolute atomic E-state index is 0.0475. The molecule has 0 amide bonds. The summed E-state index contributed by atoms with van der Waals surface area (Å²) in [6, 6.07) is 14.4. The molecule has 3 rings (SSSR count). The molecule has 0 fully saturated rings. The van der Waals surface area contributed by atoms with E-state index >= 15 is 0 Å². The highest BCUT2D eigenvalue weighted by Crippen LogP contribution is 2.19. The molecule has 30 heavy (non-hydrogen) atoms. The van der Waals surface area contributed by atoms with Crippen LogP contribution in [0.3, 0.4) is 0 Å². The van der Waals surface area contributed by atoms with Gasteiger partial charge in [0, 0.05) is 5.56 Å². The number of aromatic nitrogens is 3. The molecule has 0 atom stereocenters. The van der Waals surface area contributed by atoms with Crippen LogP contribution in [0.4, 0.5) is 5.95 Å². The van der Waals surface area contributed by atoms with Crippen LogP contribution in [0.2, 0.25) is 0 Å². The van der Waals surface area contributed by atoms with Gasteiger partial charge in [-0.2, -0.15) is 5.10 Å². The summed E-state index contributed by atoms with van der Waals surface area (Å²) in [6.07, 6.45) is 1.63. The van der Waals surface area contributed by atoms with Crippen molar-refractivity contribution in [3.05, 3.63) is 59.7 Å². The molecule has 156 valence electrons. The number of rotatable bonds is 10. The summed E-state index contributed by atoms with van der Waals surface area (Å²) in [5, 5.41) is 12.5. The molecule has 1 aromatic heterocycles. The van der Waals surface area contributed by atoms with Crippen molar-refractivity contribution < 1.29 is 14.3 Å². The molecule has 10 heteroatoms. The van der Waals surface area contributed by atoms with Gasteiger partial charge in [-0.3, -0.25) is 4.79 Å². The zero-order valence-corrected chi connectivity index (χ0v) is 17.4. The molecule has 0 aliphatic rings. The number of methoxy groups -OCH3 is 1. The van der Waals surface area contributed by atoms with E-state index in [4.69, 9.17) is 15.3 Å². The first-order chi connectivity index (χ1) is 14.6. The molecule has 0 saturated heterocycles. The number of hydrogen-bond donors (Lipinski definition) is 2. The van der Waals surface area contributed by atoms with Crippen LogP contribution in [0, 0.1) is 0 Å². The van der Waals surface area contributed by atoms with Gasteiger partial charge in [0.1, 0.15) is 11.5 Å². The molecule has 0 saturated carbocycles. The van der Waals surface area contributed by atoms with Gasteiger partial charge in [-0.1, -0.05) is 11.8 Å². The van der Waals surface area contributed by atoms with Crippen molar-refractivity contribution in [3.8, 4) is 11.5 Å². The Hall–Kier alpha value is -3.53. The molecule has 0 aliphatic heterocycles. The first-order valence-electron chi connectivity index (χ1n) is 9.13. The van der Waals surface area contributed by atoms with E-state index in [0.717, 1.165) is 11.3 Å². The number of hydrogen-bond acceptors (Lipinski definition) is 9. The maximum absolute atomic E-state index is 12.3. The Morgan fingerprint density at radius 2 is 1.87 bits per heavy atom. The molecular weight excluding hydrogens is 404 g/mol. The summed E-state index contributed by atoms with van der Waals surface area (Å²) in [4.78, 5) is 12.3. The summed E-state index contributed by atoms with van der Waals surface area (Å²) in [6.45, 7) is 2.55. The molecule has 0 spiro atoms. The van der Waals surface area contributed by atoms with E-state index in [1.807, 2.05) is 31.2 Å². The van der Waals surface area contributed by atoms with Crippen molar-refractivity contribution in [2.24, 2.45) is 5.10 Å². The molecule has 0 bridgehead atoms. The smallest absolute Gasteiger partial charge is 0.264 e. The molecule has 3 aromatic rings. The van der Waals surface area contributed by atoms with Crippen LogP contribution in [0.1, 0.15) is 22.8 Å². The van der Waals surface area contributed by atoms with Gasteiger partial charge >= 0.3 is 0 Å². The lowest BCUT2D eigenvalue weighted by molar-refractivity contribution is 0.102. The number of nitrogens with zero attached hydrogens (tertiary/aromatic N) is 4. The zero-order chi connectivity index (χ0) is 21.3. The third kappa shape index (κ3) is 5.51. The molecule has 3 N–H and O–H groups in total. The highest BCUT2D eigenvalue weighted by molar-refractivity contribution is 7.99. The SMILES string of the molecule is CCOc1ccc(/C=N/Nc2nnc(SCC(=O)c3ccc(OC)cc3)n2N)cc1. The summed E-state index contributed by atoms with van der Waals surface area (Å²) >= 11 is 1.19. The number of hydrazone groups is 1. The predicted molar refractivity (Wildman–Crippen MR) is 117 cm³/mol. The van der Waals surface area contributed by atoms with Crippen LogP contribution in [-0.4, -0.2) is 46.3 Å². The molecule has 9 nitrogen and oxygen atoms in total. The molecule has 1 heterocycles. The fourth-order valence-electron chi connectivity index (χ4n) is 2.42. The lowest BCUT2D eigenvalue weighted by Crippen LogP contribution is -2.14. The number of nitrogens with two attached hydrogens (primary N) is 1. The average Bonchev–Trinajstić information content (AvgIpc) is 3.13. The van der Waals surface area contributed by atoms with Gasteiger partial charge in [0.25, 0.3) is 5.95 Å². The summed E-state index contributed by atoms with van der Waals surface area (Å²) in [5.74, 6) is 7.88. The Labute approximate surface area is 178 Å². The van der Waals surface area contributed by atoms with Crippen LogP contribution in [0.5, 0.6) is 11.5 Å². The van der Waals surface area contributed by atoms with Gasteiger partial charge in [-0.15, -0.1) is 10.2 Å². The third-order valence-corrected chi connectivity index (χ3v) is 4.92. The molecule has 0 radical (unpaired) electrons. The maximum atomic E-state index is 12.3. The average molecular weight is 427 g/mol. The fourth-order valence-corrected chi connectivity index (χ4v) is 3.17. The van der Waals surface area contributed by atoms with Gasteiger partial charge in [0.2, 0.25) is 5.16 Å². The quantitative estimate of drug-likeness (QED) is 0.167. The second-order valence-electron chi connectivity index (χ2n) is 5.99. The largest absolute Gasteiger partial charge is 0.497 e. The normalized spacial score (nSPS) is 10.9. The van der Waals surface area contributed by atoms with Gasteiger partial charge in [-0.05, 0) is 61.0 Å². The second kappa shape index (κ2) is 10.3. The minimum atomic E-state index is -0.0475. The van der Waals surface area contributed by atoms with E-state index in [2.05, 4.69) is 20.7 Å². The number of carbonyl (C=O) groups excluding carboxylic acids is 1. The Kier molecular flexibility index (Phi) is 7.28. The maximum Gasteiger partial charge on any atom is 0.264 e. The van der Waals surface area contributed by atoms with Crippen molar-refractivity contribution >= 4 is 29.7 Å². The first kappa shape index (κ1) is 21.2. The van der Waals surface area contributed by atoms with E-state index in [9.17, 15) is 4.79 Å². The van der Waals surface area contributed by atoms with E-state index in [1.54, 1.807) is 37.6 Å². The third-order valence-electron chi connectivity index (χ3n) is 3.98. The number of nitrogens with one attached hydrogen (secondary N) is 1. The van der Waals surface area contributed by atoms with Crippen LogP contribution < -0.4 is 20.7 Å². The number of nitrogen functional groups attached to an aromatic ring is 1. The topological polar surface area (TPSA) is 117 Å². The Bertz CT molecular complexity index is 1000. The number of thioether (sulfide) groups is 1. The van der Waals surface area contributed by atoms with Crippen molar-refractivity contribution in [3.63, 3.8) is 0 Å². The highest BCUT2D eigenvalue weighted by atomic mass is 32.2. The first-order valence-corrected chi connectivity index (χ1v) is 10.1. The van der Waals surface area contributed by atoms with Crippen molar-refractivity contribution in [2.45, 2.75) is 12.1 Å². The zero-order valence-electron chi connectivity index (χ0n) is 16.6. The number of benzene rings is 2. The van der Waals surface area contributed by atoms with E-state index in [1.165, 1.54) is 16.4 Å². The standard InChI is InChI=1S/C20H22N6O3S/c1-3-29-17-8-4-14(5-9-17)12-22-23-19-24-25-20(26(19)21)30-13-18(27)15-6-10-16(28-2)11-7-15/h4-12H,3,13,21H2,1-2H3,(H,23,24)/b22-12+. The summed E-state index contributed by atoms with van der Waals surface area (Å²) in [7, 11) is 1.58. The second-order valence-corrected chi connectivity index (χ2v) is 6.93. The molecule has 0 unspecified atom stereocenters. The van der Waals surface area contributed by atoms with Crippen molar-refractivity contribution in [2.75, 3.05) is 30.7 Å². The Balaban J connectivity index is 1.54. The number of anilines is 1. The van der Waals surface area contributed by atoms with Gasteiger partial charge in [-0.25, -0.2) is 10.1 Å². The number of ether oxygens (including phenoxy) is 2. The number of carbonyl (C=O) groups is 1. The lowest BCUT2D eigenvalue weighted by atomic mass is 10.1. The van der Waals surface area contributed by atoms with Crippen LogP contribution in [0.15, 0.2) is 58.8 Å². The van der Waals surface area contributed by atoms with Gasteiger partial charge < -0.3 is 15.3 Å². The van der Waals surface area contributed by atoms with E-state index < -0.39 is 0 Å². The molecule has 2 aromatic carbocycles. The van der Waals surface area contributed by atoms with Crippen molar-refractivity contribution in [1.82, 2.24) is 14.9 Å². The molecular formula is C20H22N6O3S. The summed E-state index contributed by atoms with van der Waals surface area (Å²) < 4.78 is 11.7. The van der Waals surface area contributed by atoms with Crippen molar-refractivity contribution in [1.29, 1.82) is 0 Å². The Morgan fingerprint density at radius 1 is 1.17 bits per heavy atom. The van der Waals surface area contributed by atoms with Crippen LogP contribution in [0.25, 0.3) is 0 Å². The monoisotopic (exact) mass is 426 g/mol. The summed E-state index contributed by atoms with van der Waals surface area (Å²) in [5.41, 5.74) is 4.21.